The number of hydrogen-bond acceptors (Lipinski definition) is 2. The van der Waals surface area contributed by atoms with Crippen molar-refractivity contribution in [3.8, 4) is 55.5 Å². The number of rotatable bonds is 9. The van der Waals surface area contributed by atoms with Gasteiger partial charge in [-0.2, -0.15) is 0 Å². The SMILES string of the molecule is C=CC1CCC(Oc2[pH]cc(-c3ccccc3)c2-c2ccccc2)C(Oc2[pH]cc(-c3ccccc3)c2-c2ccccc2)C1. The fourth-order valence-electron chi connectivity index (χ4n) is 6.38. The van der Waals surface area contributed by atoms with E-state index in [1.165, 1.54) is 44.5 Å². The first-order valence-corrected chi connectivity index (χ1v) is 17.5. The van der Waals surface area contributed by atoms with E-state index in [9.17, 15) is 0 Å². The van der Waals surface area contributed by atoms with Gasteiger partial charge in [0.05, 0.1) is 0 Å². The Bertz CT molecular complexity index is 1810. The second-order valence-electron chi connectivity index (χ2n) is 11.4. The molecule has 0 aliphatic heterocycles. The van der Waals surface area contributed by atoms with E-state index < -0.39 is 0 Å². The summed E-state index contributed by atoms with van der Waals surface area (Å²) in [6.45, 7) is 4.16. The van der Waals surface area contributed by atoms with Crippen LogP contribution in [0.2, 0.25) is 0 Å². The predicted octanol–water partition coefficient (Wildman–Crippen LogP) is 11.6. The quantitative estimate of drug-likeness (QED) is 0.152. The van der Waals surface area contributed by atoms with E-state index in [1.807, 2.05) is 0 Å². The fraction of sp³-hybridized carbons (Fsp3) is 0.150. The van der Waals surface area contributed by atoms with Gasteiger partial charge in [-0.15, -0.1) is 6.58 Å². The molecule has 5 atom stereocenters. The van der Waals surface area contributed by atoms with E-state index in [4.69, 9.17) is 9.47 Å². The number of ether oxygens (including phenoxy) is 2. The summed E-state index contributed by atoms with van der Waals surface area (Å²) >= 11 is 0. The monoisotopic (exact) mass is 610 g/mol. The van der Waals surface area contributed by atoms with Crippen LogP contribution >= 0.6 is 16.4 Å². The van der Waals surface area contributed by atoms with Crippen LogP contribution in [0.15, 0.2) is 146 Å². The van der Waals surface area contributed by atoms with Gasteiger partial charge in [0.15, 0.2) is 0 Å². The number of allylic oxidation sites excluding steroid dienone is 1. The average Bonchev–Trinajstić information content (AvgIpc) is 3.71. The maximum Gasteiger partial charge on any atom is 0.143 e. The summed E-state index contributed by atoms with van der Waals surface area (Å²) in [6, 6.07) is 42.7. The van der Waals surface area contributed by atoms with Crippen LogP contribution in [0.4, 0.5) is 0 Å². The van der Waals surface area contributed by atoms with Crippen molar-refractivity contribution >= 4 is 16.4 Å². The zero-order valence-corrected chi connectivity index (χ0v) is 26.7. The highest BCUT2D eigenvalue weighted by Crippen LogP contribution is 2.50. The molecule has 1 saturated carbocycles. The molecule has 4 aromatic carbocycles. The van der Waals surface area contributed by atoms with Crippen molar-refractivity contribution in [2.24, 2.45) is 5.92 Å². The Hall–Kier alpha value is -4.22. The van der Waals surface area contributed by atoms with Gasteiger partial charge in [0.2, 0.25) is 0 Å². The minimum absolute atomic E-state index is 0.0361. The summed E-state index contributed by atoms with van der Waals surface area (Å²) < 4.78 is 14.2. The van der Waals surface area contributed by atoms with Gasteiger partial charge in [0, 0.05) is 11.1 Å². The number of hydrogen-bond donors (Lipinski definition) is 0. The van der Waals surface area contributed by atoms with Crippen molar-refractivity contribution in [1.82, 2.24) is 0 Å². The lowest BCUT2D eigenvalue weighted by Gasteiger charge is -2.35. The summed E-state index contributed by atoms with van der Waals surface area (Å²) in [5.41, 5.74) is 11.9. The van der Waals surface area contributed by atoms with Gasteiger partial charge in [-0.05, 0) is 70.2 Å². The summed E-state index contributed by atoms with van der Waals surface area (Å²) in [5.74, 6) is 5.11. The largest absolute Gasteiger partial charge is 0.482 e. The molecule has 0 saturated heterocycles. The molecule has 0 amide bonds. The minimum atomic E-state index is -0.0633. The van der Waals surface area contributed by atoms with Gasteiger partial charge in [0.1, 0.15) is 23.2 Å². The van der Waals surface area contributed by atoms with Crippen LogP contribution in [0, 0.1) is 5.92 Å². The number of benzene rings is 4. The molecule has 6 aromatic rings. The highest BCUT2D eigenvalue weighted by atomic mass is 31.0. The molecule has 2 nitrogen and oxygen atoms in total. The second-order valence-corrected chi connectivity index (χ2v) is 13.5. The molecule has 4 heteroatoms. The third kappa shape index (κ3) is 5.94. The van der Waals surface area contributed by atoms with Gasteiger partial charge in [0.25, 0.3) is 0 Å². The molecule has 1 aliphatic rings. The molecular weight excluding hydrogens is 574 g/mol. The Morgan fingerprint density at radius 1 is 0.523 bits per heavy atom. The standard InChI is InChI=1S/C40H36O2P2/c1-2-28-23-24-35(41-39-37(31-19-11-5-12-20-31)33(26-43-39)29-15-7-3-8-16-29)36(25-28)42-40-38(32-21-13-6-14-22-32)34(27-44-40)30-17-9-4-10-18-30/h2-22,26-28,35-36,43-44H,1,23-25H2. The molecule has 2 aromatic heterocycles. The Labute approximate surface area is 263 Å². The summed E-state index contributed by atoms with van der Waals surface area (Å²) in [4.78, 5) is 0. The van der Waals surface area contributed by atoms with E-state index in [2.05, 4.69) is 146 Å². The molecule has 0 N–H and O–H groups in total. The minimum Gasteiger partial charge on any atom is -0.482 e. The third-order valence-electron chi connectivity index (χ3n) is 8.63. The van der Waals surface area contributed by atoms with E-state index in [1.54, 1.807) is 0 Å². The highest BCUT2D eigenvalue weighted by molar-refractivity contribution is 7.33. The van der Waals surface area contributed by atoms with Crippen molar-refractivity contribution in [1.29, 1.82) is 0 Å². The van der Waals surface area contributed by atoms with Crippen LogP contribution in [0.5, 0.6) is 11.0 Å². The lowest BCUT2D eigenvalue weighted by atomic mass is 9.85. The molecule has 0 bridgehead atoms. The fourth-order valence-corrected chi connectivity index (χ4v) is 8.83. The summed E-state index contributed by atoms with van der Waals surface area (Å²) in [7, 11) is 0.947. The van der Waals surface area contributed by atoms with Gasteiger partial charge < -0.3 is 9.47 Å². The molecule has 218 valence electrons. The van der Waals surface area contributed by atoms with Crippen LogP contribution in [-0.4, -0.2) is 12.2 Å². The van der Waals surface area contributed by atoms with Gasteiger partial charge in [-0.25, -0.2) is 0 Å². The topological polar surface area (TPSA) is 18.5 Å². The Morgan fingerprint density at radius 2 is 0.932 bits per heavy atom. The lowest BCUT2D eigenvalue weighted by Crippen LogP contribution is -2.41. The molecule has 7 rings (SSSR count). The first kappa shape index (κ1) is 28.5. The Morgan fingerprint density at radius 3 is 1.36 bits per heavy atom. The first-order valence-electron chi connectivity index (χ1n) is 15.4. The van der Waals surface area contributed by atoms with Crippen LogP contribution in [-0.2, 0) is 0 Å². The second kappa shape index (κ2) is 13.2. The van der Waals surface area contributed by atoms with Gasteiger partial charge in [-0.3, -0.25) is 0 Å². The zero-order chi connectivity index (χ0) is 29.7. The van der Waals surface area contributed by atoms with Crippen LogP contribution in [0.25, 0.3) is 44.5 Å². The molecule has 0 spiro atoms. The maximum absolute atomic E-state index is 7.11. The predicted molar refractivity (Wildman–Crippen MR) is 190 cm³/mol. The Kier molecular flexibility index (Phi) is 8.56. The molecule has 1 fully saturated rings. The lowest BCUT2D eigenvalue weighted by molar-refractivity contribution is 0.0169. The zero-order valence-electron chi connectivity index (χ0n) is 24.7. The van der Waals surface area contributed by atoms with Crippen molar-refractivity contribution < 1.29 is 9.47 Å². The molecular formula is C40H36O2P2. The maximum atomic E-state index is 7.11. The normalized spacial score (nSPS) is 18.4. The van der Waals surface area contributed by atoms with Crippen LogP contribution in [0.3, 0.4) is 0 Å². The molecule has 44 heavy (non-hydrogen) atoms. The smallest absolute Gasteiger partial charge is 0.143 e. The van der Waals surface area contributed by atoms with Crippen molar-refractivity contribution in [3.63, 3.8) is 0 Å². The van der Waals surface area contributed by atoms with E-state index in [-0.39, 0.29) is 12.2 Å². The highest BCUT2D eigenvalue weighted by Gasteiger charge is 2.35. The summed E-state index contributed by atoms with van der Waals surface area (Å²) in [5, 5.41) is 0. The molecule has 2 heterocycles. The van der Waals surface area contributed by atoms with E-state index in [0.29, 0.717) is 22.3 Å². The Balaban J connectivity index is 1.25. The van der Waals surface area contributed by atoms with E-state index >= 15 is 0 Å². The van der Waals surface area contributed by atoms with Crippen molar-refractivity contribution in [2.75, 3.05) is 0 Å². The molecule has 5 unspecified atom stereocenters. The van der Waals surface area contributed by atoms with Gasteiger partial charge >= 0.3 is 0 Å². The van der Waals surface area contributed by atoms with Crippen molar-refractivity contribution in [2.45, 2.75) is 31.5 Å². The van der Waals surface area contributed by atoms with Crippen LogP contribution < -0.4 is 9.47 Å². The summed E-state index contributed by atoms with van der Waals surface area (Å²) in [6.07, 6.45) is 4.90. The molecule has 0 radical (unpaired) electrons. The van der Waals surface area contributed by atoms with E-state index in [0.717, 1.165) is 30.2 Å². The van der Waals surface area contributed by atoms with Gasteiger partial charge in [-0.1, -0.05) is 144 Å². The first-order chi connectivity index (χ1) is 21.8. The third-order valence-corrected chi connectivity index (χ3v) is 10.8. The van der Waals surface area contributed by atoms with Crippen LogP contribution in [0.1, 0.15) is 19.3 Å². The average molecular weight is 611 g/mol. The van der Waals surface area contributed by atoms with Crippen molar-refractivity contribution in [3.05, 3.63) is 146 Å². The molecule has 1 aliphatic carbocycles.